The topological polar surface area (TPSA) is 40.5 Å². The van der Waals surface area contributed by atoms with E-state index in [1.807, 2.05) is 11.8 Å². The van der Waals surface area contributed by atoms with Crippen LogP contribution in [0.3, 0.4) is 0 Å². The summed E-state index contributed by atoms with van der Waals surface area (Å²) in [7, 11) is 0. The number of hydrogen-bond acceptors (Lipinski definition) is 2. The van der Waals surface area contributed by atoms with E-state index in [9.17, 15) is 9.90 Å². The first-order chi connectivity index (χ1) is 12.9. The zero-order valence-corrected chi connectivity index (χ0v) is 17.9. The molecule has 3 nitrogen and oxygen atoms in total. The summed E-state index contributed by atoms with van der Waals surface area (Å²) >= 11 is 0. The average molecular weight is 374 g/mol. The van der Waals surface area contributed by atoms with E-state index in [1.165, 1.54) is 11.1 Å². The SMILES string of the molecule is CC(C)=CCC/C(C)=C/CC/C(=C/CC/C(C)=C/C(=O)N1CCCC1)CO. The van der Waals surface area contributed by atoms with E-state index in [0.717, 1.165) is 75.6 Å². The number of amides is 1. The predicted octanol–water partition coefficient (Wildman–Crippen LogP) is 5.73. The highest BCUT2D eigenvalue weighted by atomic mass is 16.3. The molecule has 0 radical (unpaired) electrons. The lowest BCUT2D eigenvalue weighted by molar-refractivity contribution is -0.125. The largest absolute Gasteiger partial charge is 0.392 e. The Morgan fingerprint density at radius 2 is 1.44 bits per heavy atom. The molecule has 0 spiro atoms. The van der Waals surface area contributed by atoms with Crippen molar-refractivity contribution in [3.05, 3.63) is 46.6 Å². The van der Waals surface area contributed by atoms with Gasteiger partial charge in [-0.2, -0.15) is 0 Å². The predicted molar refractivity (Wildman–Crippen MR) is 116 cm³/mol. The molecule has 1 aliphatic heterocycles. The number of hydrogen-bond donors (Lipinski definition) is 1. The number of aliphatic hydroxyl groups is 1. The summed E-state index contributed by atoms with van der Waals surface area (Å²) in [5.74, 6) is 0.157. The van der Waals surface area contributed by atoms with E-state index in [1.54, 1.807) is 6.08 Å². The molecule has 1 saturated heterocycles. The van der Waals surface area contributed by atoms with E-state index in [0.29, 0.717) is 0 Å². The third kappa shape index (κ3) is 11.0. The van der Waals surface area contributed by atoms with Gasteiger partial charge in [-0.05, 0) is 84.6 Å². The van der Waals surface area contributed by atoms with Crippen LogP contribution in [0, 0.1) is 0 Å². The van der Waals surface area contributed by atoms with Crippen LogP contribution in [0.15, 0.2) is 46.6 Å². The van der Waals surface area contributed by atoms with Gasteiger partial charge in [-0.1, -0.05) is 34.9 Å². The molecule has 1 amide bonds. The Labute approximate surface area is 166 Å². The summed E-state index contributed by atoms with van der Waals surface area (Å²) < 4.78 is 0. The minimum absolute atomic E-state index is 0.125. The van der Waals surface area contributed by atoms with Crippen LogP contribution < -0.4 is 0 Å². The number of carbonyl (C=O) groups excluding carboxylic acids is 1. The van der Waals surface area contributed by atoms with Crippen LogP contribution in [0.1, 0.15) is 79.1 Å². The highest BCUT2D eigenvalue weighted by molar-refractivity contribution is 5.88. The molecule has 0 aromatic carbocycles. The zero-order valence-electron chi connectivity index (χ0n) is 17.9. The second-order valence-corrected chi connectivity index (χ2v) is 7.99. The molecule has 1 rings (SSSR count). The van der Waals surface area contributed by atoms with Crippen molar-refractivity contribution in [2.24, 2.45) is 0 Å². The van der Waals surface area contributed by atoms with Gasteiger partial charge in [0.15, 0.2) is 0 Å². The van der Waals surface area contributed by atoms with Crippen molar-refractivity contribution in [3.63, 3.8) is 0 Å². The minimum Gasteiger partial charge on any atom is -0.392 e. The highest BCUT2D eigenvalue weighted by Gasteiger charge is 2.15. The van der Waals surface area contributed by atoms with Gasteiger partial charge in [0.05, 0.1) is 6.61 Å². The zero-order chi connectivity index (χ0) is 20.1. The summed E-state index contributed by atoms with van der Waals surface area (Å²) in [6.45, 7) is 10.4. The molecule has 0 saturated carbocycles. The van der Waals surface area contributed by atoms with Gasteiger partial charge in [-0.15, -0.1) is 0 Å². The Kier molecular flexibility index (Phi) is 11.8. The van der Waals surface area contributed by atoms with E-state index < -0.39 is 0 Å². The number of allylic oxidation sites excluding steroid dienone is 6. The molecule has 1 heterocycles. The van der Waals surface area contributed by atoms with Gasteiger partial charge in [0.1, 0.15) is 0 Å². The lowest BCUT2D eigenvalue weighted by Crippen LogP contribution is -2.25. The summed E-state index contributed by atoms with van der Waals surface area (Å²) in [5, 5.41) is 9.58. The second-order valence-electron chi connectivity index (χ2n) is 7.99. The Morgan fingerprint density at radius 3 is 2.07 bits per heavy atom. The maximum atomic E-state index is 12.1. The van der Waals surface area contributed by atoms with Gasteiger partial charge in [0, 0.05) is 19.2 Å². The lowest BCUT2D eigenvalue weighted by atomic mass is 10.0. The maximum Gasteiger partial charge on any atom is 0.246 e. The molecule has 0 unspecified atom stereocenters. The van der Waals surface area contributed by atoms with Gasteiger partial charge < -0.3 is 10.0 Å². The fraction of sp³-hybridized carbons (Fsp3) is 0.625. The van der Waals surface area contributed by atoms with Crippen molar-refractivity contribution in [1.82, 2.24) is 4.90 Å². The van der Waals surface area contributed by atoms with Crippen LogP contribution in [0.2, 0.25) is 0 Å². The molecule has 1 fully saturated rings. The van der Waals surface area contributed by atoms with E-state index >= 15 is 0 Å². The van der Waals surface area contributed by atoms with Crippen LogP contribution in [0.5, 0.6) is 0 Å². The molecule has 0 aromatic rings. The van der Waals surface area contributed by atoms with Crippen molar-refractivity contribution in [1.29, 1.82) is 0 Å². The molecule has 0 atom stereocenters. The van der Waals surface area contributed by atoms with Gasteiger partial charge in [0.25, 0.3) is 0 Å². The van der Waals surface area contributed by atoms with Crippen molar-refractivity contribution >= 4 is 5.91 Å². The molecule has 1 N–H and O–H groups in total. The number of rotatable bonds is 11. The molecule has 152 valence electrons. The van der Waals surface area contributed by atoms with Crippen LogP contribution in [0.4, 0.5) is 0 Å². The first-order valence-corrected chi connectivity index (χ1v) is 10.5. The second kappa shape index (κ2) is 13.5. The Bertz CT molecular complexity index is 571. The molecule has 1 aliphatic rings. The Hall–Kier alpha value is -1.61. The molecule has 3 heteroatoms. The fourth-order valence-corrected chi connectivity index (χ4v) is 3.26. The molecule has 0 aliphatic carbocycles. The summed E-state index contributed by atoms with van der Waals surface area (Å²) in [6.07, 6.45) is 16.6. The van der Waals surface area contributed by atoms with Gasteiger partial charge in [0.2, 0.25) is 5.91 Å². The number of nitrogens with zero attached hydrogens (tertiary/aromatic N) is 1. The molecular weight excluding hydrogens is 334 g/mol. The normalized spacial score (nSPS) is 16.0. The summed E-state index contributed by atoms with van der Waals surface area (Å²) in [6, 6.07) is 0. The third-order valence-corrected chi connectivity index (χ3v) is 5.01. The standard InChI is InChI=1S/C24H39NO2/c1-20(2)10-7-11-21(3)12-8-14-23(19-26)15-9-13-22(4)18-24(27)25-16-5-6-17-25/h10,12,15,18,26H,5-9,11,13-14,16-17,19H2,1-4H3/b21-12+,22-18+,23-15-. The van der Waals surface area contributed by atoms with Crippen molar-refractivity contribution in [2.75, 3.05) is 19.7 Å². The summed E-state index contributed by atoms with van der Waals surface area (Å²) in [5.41, 5.74) is 5.02. The van der Waals surface area contributed by atoms with Crippen LogP contribution in [-0.2, 0) is 4.79 Å². The molecule has 0 aromatic heterocycles. The van der Waals surface area contributed by atoms with E-state index in [4.69, 9.17) is 0 Å². The number of aliphatic hydroxyl groups excluding tert-OH is 1. The van der Waals surface area contributed by atoms with Crippen molar-refractivity contribution < 1.29 is 9.90 Å². The van der Waals surface area contributed by atoms with Crippen molar-refractivity contribution in [3.8, 4) is 0 Å². The quantitative estimate of drug-likeness (QED) is 0.371. The first kappa shape index (κ1) is 23.4. The maximum absolute atomic E-state index is 12.1. The van der Waals surface area contributed by atoms with Gasteiger partial charge in [-0.25, -0.2) is 0 Å². The van der Waals surface area contributed by atoms with E-state index in [-0.39, 0.29) is 12.5 Å². The third-order valence-electron chi connectivity index (χ3n) is 5.01. The van der Waals surface area contributed by atoms with Crippen LogP contribution >= 0.6 is 0 Å². The van der Waals surface area contributed by atoms with E-state index in [2.05, 4.69) is 39.0 Å². The monoisotopic (exact) mass is 373 g/mol. The smallest absolute Gasteiger partial charge is 0.246 e. The molecule has 0 bridgehead atoms. The first-order valence-electron chi connectivity index (χ1n) is 10.5. The number of carbonyl (C=O) groups is 1. The van der Waals surface area contributed by atoms with Crippen LogP contribution in [-0.4, -0.2) is 35.6 Å². The Morgan fingerprint density at radius 1 is 0.852 bits per heavy atom. The lowest BCUT2D eigenvalue weighted by Gasteiger charge is -2.12. The minimum atomic E-state index is 0.125. The number of likely N-dealkylation sites (tertiary alicyclic amines) is 1. The van der Waals surface area contributed by atoms with Gasteiger partial charge >= 0.3 is 0 Å². The molecule has 27 heavy (non-hydrogen) atoms. The Balaban J connectivity index is 2.34. The van der Waals surface area contributed by atoms with Gasteiger partial charge in [-0.3, -0.25) is 4.79 Å². The summed E-state index contributed by atoms with van der Waals surface area (Å²) in [4.78, 5) is 14.0. The van der Waals surface area contributed by atoms with Crippen molar-refractivity contribution in [2.45, 2.75) is 79.1 Å². The average Bonchev–Trinajstić information content (AvgIpc) is 3.14. The fourth-order valence-electron chi connectivity index (χ4n) is 3.26. The van der Waals surface area contributed by atoms with Crippen LogP contribution in [0.25, 0.3) is 0 Å². The molecular formula is C24H39NO2. The highest BCUT2D eigenvalue weighted by Crippen LogP contribution is 2.15.